The number of benzene rings is 1. The minimum Gasteiger partial charge on any atom is -0.493 e. The van der Waals surface area contributed by atoms with Gasteiger partial charge in [-0.15, -0.1) is 0 Å². The molecule has 138 valence electrons. The molecule has 1 N–H and O–H groups in total. The van der Waals surface area contributed by atoms with E-state index in [0.717, 1.165) is 56.8 Å². The second-order valence-electron chi connectivity index (χ2n) is 7.24. The van der Waals surface area contributed by atoms with Crippen molar-refractivity contribution in [2.75, 3.05) is 32.8 Å². The Kier molecular flexibility index (Phi) is 6.32. The van der Waals surface area contributed by atoms with E-state index in [1.54, 1.807) is 0 Å². The number of para-hydroxylation sites is 1. The van der Waals surface area contributed by atoms with E-state index in [1.165, 1.54) is 0 Å². The summed E-state index contributed by atoms with van der Waals surface area (Å²) in [5, 5.41) is 3.11. The van der Waals surface area contributed by atoms with Crippen molar-refractivity contribution in [3.05, 3.63) is 29.8 Å². The average Bonchev–Trinajstić information content (AvgIpc) is 2.60. The van der Waals surface area contributed by atoms with Gasteiger partial charge in [0.25, 0.3) is 0 Å². The first kappa shape index (κ1) is 18.2. The zero-order valence-corrected chi connectivity index (χ0v) is 15.4. The second kappa shape index (κ2) is 8.68. The lowest BCUT2D eigenvalue weighted by Crippen LogP contribution is -2.45. The summed E-state index contributed by atoms with van der Waals surface area (Å²) in [6.45, 7) is 8.72. The van der Waals surface area contributed by atoms with Crippen LogP contribution in [-0.2, 0) is 9.53 Å². The number of ether oxygens (including phenoxy) is 2. The van der Waals surface area contributed by atoms with Crippen LogP contribution in [0, 0.1) is 0 Å². The van der Waals surface area contributed by atoms with Crippen LogP contribution in [0.25, 0.3) is 0 Å². The Morgan fingerprint density at radius 3 is 2.76 bits per heavy atom. The van der Waals surface area contributed by atoms with E-state index in [0.29, 0.717) is 18.8 Å². The Bertz CT molecular complexity index is 568. The summed E-state index contributed by atoms with van der Waals surface area (Å²) in [5.41, 5.74) is 1.02. The molecule has 5 nitrogen and oxygen atoms in total. The number of amides is 1. The number of nitrogens with zero attached hydrogens (tertiary/aromatic N) is 1. The van der Waals surface area contributed by atoms with Gasteiger partial charge in [0.2, 0.25) is 5.91 Å². The van der Waals surface area contributed by atoms with Crippen LogP contribution in [-0.4, -0.2) is 55.8 Å². The lowest BCUT2D eigenvalue weighted by molar-refractivity contribution is -0.123. The number of rotatable bonds is 6. The Hall–Kier alpha value is -1.59. The number of unbranched alkanes of at least 4 members (excludes halogenated alkanes) is 1. The zero-order chi connectivity index (χ0) is 17.6. The van der Waals surface area contributed by atoms with Crippen LogP contribution in [0.3, 0.4) is 0 Å². The van der Waals surface area contributed by atoms with E-state index in [-0.39, 0.29) is 11.8 Å². The summed E-state index contributed by atoms with van der Waals surface area (Å²) >= 11 is 0. The molecule has 2 aliphatic heterocycles. The number of nitrogens with one attached hydrogen (secondary N) is 1. The monoisotopic (exact) mass is 346 g/mol. The van der Waals surface area contributed by atoms with Gasteiger partial charge < -0.3 is 14.8 Å². The van der Waals surface area contributed by atoms with Crippen molar-refractivity contribution in [3.63, 3.8) is 0 Å². The maximum absolute atomic E-state index is 12.5. The van der Waals surface area contributed by atoms with Crippen molar-refractivity contribution in [1.29, 1.82) is 0 Å². The van der Waals surface area contributed by atoms with E-state index >= 15 is 0 Å². The summed E-state index contributed by atoms with van der Waals surface area (Å²) < 4.78 is 11.4. The molecule has 1 aromatic carbocycles. The fourth-order valence-corrected chi connectivity index (χ4v) is 3.88. The lowest BCUT2D eigenvalue weighted by atomic mass is 9.92. The molecule has 0 spiro atoms. The minimum absolute atomic E-state index is 0.0779. The SMILES string of the molecule is C[C@@H]1CN(CCCCNC(=O)[C@H]2CCOc3ccccc32)C[C@@H](C)O1. The number of carbonyl (C=O) groups is 1. The predicted octanol–water partition coefficient (Wildman–Crippen LogP) is 2.56. The summed E-state index contributed by atoms with van der Waals surface area (Å²) in [6, 6.07) is 7.86. The Morgan fingerprint density at radius 1 is 1.20 bits per heavy atom. The van der Waals surface area contributed by atoms with Gasteiger partial charge in [0.1, 0.15) is 5.75 Å². The smallest absolute Gasteiger partial charge is 0.227 e. The number of fused-ring (bicyclic) bond motifs is 1. The molecule has 0 unspecified atom stereocenters. The molecular weight excluding hydrogens is 316 g/mol. The average molecular weight is 346 g/mol. The molecular formula is C20H30N2O3. The van der Waals surface area contributed by atoms with E-state index in [9.17, 15) is 4.79 Å². The maximum Gasteiger partial charge on any atom is 0.227 e. The van der Waals surface area contributed by atoms with Crippen LogP contribution < -0.4 is 10.1 Å². The molecule has 0 saturated carbocycles. The standard InChI is InChI=1S/C20H30N2O3/c1-15-13-22(14-16(2)25-15)11-6-5-10-21-20(23)18-9-12-24-19-8-4-3-7-17(18)19/h3-4,7-8,15-16,18H,5-6,9-14H2,1-2H3,(H,21,23)/t15-,16-,18+/m1/s1. The van der Waals surface area contributed by atoms with Crippen molar-refractivity contribution in [1.82, 2.24) is 10.2 Å². The van der Waals surface area contributed by atoms with Gasteiger partial charge in [-0.3, -0.25) is 9.69 Å². The molecule has 3 rings (SSSR count). The van der Waals surface area contributed by atoms with E-state index in [2.05, 4.69) is 24.1 Å². The highest BCUT2D eigenvalue weighted by Crippen LogP contribution is 2.33. The van der Waals surface area contributed by atoms with Crippen molar-refractivity contribution in [2.24, 2.45) is 0 Å². The lowest BCUT2D eigenvalue weighted by Gasteiger charge is -2.35. The van der Waals surface area contributed by atoms with Gasteiger partial charge >= 0.3 is 0 Å². The molecule has 5 heteroatoms. The fourth-order valence-electron chi connectivity index (χ4n) is 3.88. The van der Waals surface area contributed by atoms with Crippen LogP contribution in [0.2, 0.25) is 0 Å². The molecule has 1 aromatic rings. The third-order valence-electron chi connectivity index (χ3n) is 4.97. The maximum atomic E-state index is 12.5. The van der Waals surface area contributed by atoms with Gasteiger partial charge in [0.05, 0.1) is 24.7 Å². The van der Waals surface area contributed by atoms with Crippen molar-refractivity contribution < 1.29 is 14.3 Å². The molecule has 0 bridgehead atoms. The predicted molar refractivity (Wildman–Crippen MR) is 98.0 cm³/mol. The fraction of sp³-hybridized carbons (Fsp3) is 0.650. The van der Waals surface area contributed by atoms with Crippen LogP contribution >= 0.6 is 0 Å². The highest BCUT2D eigenvalue weighted by atomic mass is 16.5. The highest BCUT2D eigenvalue weighted by molar-refractivity contribution is 5.84. The first-order chi connectivity index (χ1) is 12.1. The number of morpholine rings is 1. The van der Waals surface area contributed by atoms with E-state index < -0.39 is 0 Å². The van der Waals surface area contributed by atoms with Crippen molar-refractivity contribution in [3.8, 4) is 5.75 Å². The molecule has 1 fully saturated rings. The van der Waals surface area contributed by atoms with E-state index in [1.807, 2.05) is 24.3 Å². The Balaban J connectivity index is 1.38. The Labute approximate surface area is 150 Å². The summed E-state index contributed by atoms with van der Waals surface area (Å²) in [7, 11) is 0. The van der Waals surface area contributed by atoms with Crippen molar-refractivity contribution in [2.45, 2.75) is 51.2 Å². The minimum atomic E-state index is -0.0779. The number of hydrogen-bond donors (Lipinski definition) is 1. The zero-order valence-electron chi connectivity index (χ0n) is 15.4. The van der Waals surface area contributed by atoms with Gasteiger partial charge in [0.15, 0.2) is 0 Å². The van der Waals surface area contributed by atoms with Crippen LogP contribution in [0.15, 0.2) is 24.3 Å². The Morgan fingerprint density at radius 2 is 1.96 bits per heavy atom. The third-order valence-corrected chi connectivity index (χ3v) is 4.97. The first-order valence-corrected chi connectivity index (χ1v) is 9.50. The van der Waals surface area contributed by atoms with Gasteiger partial charge in [-0.1, -0.05) is 18.2 Å². The molecule has 1 saturated heterocycles. The molecule has 1 amide bonds. The van der Waals surface area contributed by atoms with Gasteiger partial charge in [-0.25, -0.2) is 0 Å². The second-order valence-corrected chi connectivity index (χ2v) is 7.24. The molecule has 0 radical (unpaired) electrons. The molecule has 0 aliphatic carbocycles. The third kappa shape index (κ3) is 4.95. The van der Waals surface area contributed by atoms with Crippen molar-refractivity contribution >= 4 is 5.91 Å². The van der Waals surface area contributed by atoms with Crippen LogP contribution in [0.4, 0.5) is 0 Å². The van der Waals surface area contributed by atoms with Crippen LogP contribution in [0.1, 0.15) is 44.6 Å². The van der Waals surface area contributed by atoms with E-state index in [4.69, 9.17) is 9.47 Å². The topological polar surface area (TPSA) is 50.8 Å². The van der Waals surface area contributed by atoms with Gasteiger partial charge in [0, 0.05) is 25.2 Å². The number of carbonyl (C=O) groups excluding carboxylic acids is 1. The number of hydrogen-bond acceptors (Lipinski definition) is 4. The summed E-state index contributed by atoms with van der Waals surface area (Å²) in [5.74, 6) is 0.903. The van der Waals surface area contributed by atoms with Crippen LogP contribution in [0.5, 0.6) is 5.75 Å². The summed E-state index contributed by atoms with van der Waals surface area (Å²) in [4.78, 5) is 15.0. The first-order valence-electron chi connectivity index (χ1n) is 9.50. The van der Waals surface area contributed by atoms with Gasteiger partial charge in [-0.05, 0) is 45.7 Å². The van der Waals surface area contributed by atoms with Gasteiger partial charge in [-0.2, -0.15) is 0 Å². The normalized spacial score (nSPS) is 26.6. The molecule has 2 aliphatic rings. The quantitative estimate of drug-likeness (QED) is 0.805. The largest absolute Gasteiger partial charge is 0.493 e. The molecule has 2 heterocycles. The molecule has 25 heavy (non-hydrogen) atoms. The molecule has 0 aromatic heterocycles. The molecule has 3 atom stereocenters. The highest BCUT2D eigenvalue weighted by Gasteiger charge is 2.27. The summed E-state index contributed by atoms with van der Waals surface area (Å²) in [6.07, 6.45) is 3.50.